The number of Topliss-reactive ketones (excluding diaryl/α,β-unsaturated/α-hetero) is 1. The molecular weight excluding hydrogens is 178 g/mol. The number of likely N-dealkylation sites (N-methyl/N-ethyl adjacent to an activating group) is 1. The van der Waals surface area contributed by atoms with Crippen LogP contribution in [0, 0.1) is 0 Å². The van der Waals surface area contributed by atoms with Gasteiger partial charge in [0.05, 0.1) is 6.54 Å². The van der Waals surface area contributed by atoms with Gasteiger partial charge >= 0.3 is 11.9 Å². The molecule has 1 saturated heterocycles. The molecular formula is C7H9NO5. The topological polar surface area (TPSA) is 94.9 Å². The Bertz CT molecular complexity index is 271. The molecule has 1 aliphatic heterocycles. The third-order valence-corrected chi connectivity index (χ3v) is 2.23. The first-order valence-electron chi connectivity index (χ1n) is 3.61. The average molecular weight is 187 g/mol. The zero-order valence-corrected chi connectivity index (χ0v) is 6.98. The Morgan fingerprint density at radius 2 is 1.85 bits per heavy atom. The molecule has 0 aromatic carbocycles. The Kier molecular flexibility index (Phi) is 2.09. The molecule has 0 aromatic rings. The van der Waals surface area contributed by atoms with Crippen LogP contribution < -0.4 is 0 Å². The molecule has 1 fully saturated rings. The Labute approximate surface area is 73.8 Å². The van der Waals surface area contributed by atoms with Crippen LogP contribution in [0.2, 0.25) is 0 Å². The Morgan fingerprint density at radius 1 is 1.38 bits per heavy atom. The highest BCUT2D eigenvalue weighted by molar-refractivity contribution is 6.09. The Morgan fingerprint density at radius 3 is 2.00 bits per heavy atom. The number of ketones is 1. The van der Waals surface area contributed by atoms with Gasteiger partial charge in [0.25, 0.3) is 0 Å². The SMILES string of the molecule is CN1CC(=O)CC1(C(=O)O)C(=O)O. The van der Waals surface area contributed by atoms with Gasteiger partial charge in [-0.15, -0.1) is 0 Å². The van der Waals surface area contributed by atoms with Gasteiger partial charge in [-0.2, -0.15) is 0 Å². The molecule has 1 heterocycles. The first-order valence-corrected chi connectivity index (χ1v) is 3.61. The first-order chi connectivity index (χ1) is 5.91. The van der Waals surface area contributed by atoms with Gasteiger partial charge in [0.15, 0.2) is 0 Å². The summed E-state index contributed by atoms with van der Waals surface area (Å²) in [7, 11) is 1.31. The molecule has 0 bridgehead atoms. The van der Waals surface area contributed by atoms with E-state index in [9.17, 15) is 14.4 Å². The van der Waals surface area contributed by atoms with E-state index in [1.807, 2.05) is 0 Å². The highest BCUT2D eigenvalue weighted by Gasteiger charge is 2.56. The summed E-state index contributed by atoms with van der Waals surface area (Å²) in [6.07, 6.45) is -0.464. The van der Waals surface area contributed by atoms with E-state index in [0.717, 1.165) is 4.90 Å². The lowest BCUT2D eigenvalue weighted by molar-refractivity contribution is -0.164. The second-order valence-electron chi connectivity index (χ2n) is 3.04. The van der Waals surface area contributed by atoms with Gasteiger partial charge in [-0.3, -0.25) is 9.69 Å². The van der Waals surface area contributed by atoms with Crippen LogP contribution in [0.1, 0.15) is 6.42 Å². The van der Waals surface area contributed by atoms with E-state index in [4.69, 9.17) is 10.2 Å². The summed E-state index contributed by atoms with van der Waals surface area (Å²) in [5.74, 6) is -3.35. The van der Waals surface area contributed by atoms with Gasteiger partial charge in [-0.05, 0) is 7.05 Å². The van der Waals surface area contributed by atoms with Crippen LogP contribution in [-0.2, 0) is 14.4 Å². The van der Waals surface area contributed by atoms with Gasteiger partial charge in [-0.1, -0.05) is 0 Å². The van der Waals surface area contributed by atoms with E-state index in [-0.39, 0.29) is 12.3 Å². The number of carbonyl (C=O) groups is 3. The minimum atomic E-state index is -2.06. The monoisotopic (exact) mass is 187 g/mol. The predicted molar refractivity (Wildman–Crippen MR) is 40.3 cm³/mol. The summed E-state index contributed by atoms with van der Waals surface area (Å²) < 4.78 is 0. The second-order valence-corrected chi connectivity index (χ2v) is 3.04. The number of aliphatic carboxylic acids is 2. The molecule has 0 spiro atoms. The van der Waals surface area contributed by atoms with E-state index < -0.39 is 23.9 Å². The van der Waals surface area contributed by atoms with Crippen molar-refractivity contribution in [1.29, 1.82) is 0 Å². The molecule has 1 rings (SSSR count). The molecule has 0 aromatic heterocycles. The molecule has 0 saturated carbocycles. The number of rotatable bonds is 2. The molecule has 0 atom stereocenters. The number of hydrogen-bond donors (Lipinski definition) is 2. The lowest BCUT2D eigenvalue weighted by atomic mass is 9.97. The van der Waals surface area contributed by atoms with Crippen LogP contribution in [-0.4, -0.2) is 52.0 Å². The molecule has 72 valence electrons. The predicted octanol–water partition coefficient (Wildman–Crippen LogP) is -1.20. The van der Waals surface area contributed by atoms with Crippen molar-refractivity contribution in [3.8, 4) is 0 Å². The van der Waals surface area contributed by atoms with E-state index in [1.165, 1.54) is 7.05 Å². The Hall–Kier alpha value is -1.43. The third kappa shape index (κ3) is 1.19. The summed E-state index contributed by atoms with van der Waals surface area (Å²) in [5, 5.41) is 17.5. The van der Waals surface area contributed by atoms with Gasteiger partial charge in [0.1, 0.15) is 5.78 Å². The highest BCUT2D eigenvalue weighted by Crippen LogP contribution is 2.26. The normalized spacial score (nSPS) is 21.8. The lowest BCUT2D eigenvalue weighted by Gasteiger charge is -2.25. The van der Waals surface area contributed by atoms with Crippen LogP contribution in [0.25, 0.3) is 0 Å². The fourth-order valence-electron chi connectivity index (χ4n) is 1.44. The van der Waals surface area contributed by atoms with Crippen molar-refractivity contribution in [2.24, 2.45) is 0 Å². The van der Waals surface area contributed by atoms with Crippen molar-refractivity contribution in [1.82, 2.24) is 4.90 Å². The van der Waals surface area contributed by atoms with Crippen molar-refractivity contribution in [2.45, 2.75) is 12.0 Å². The van der Waals surface area contributed by atoms with Crippen LogP contribution in [0.15, 0.2) is 0 Å². The van der Waals surface area contributed by atoms with Crippen molar-refractivity contribution in [2.75, 3.05) is 13.6 Å². The van der Waals surface area contributed by atoms with E-state index in [0.29, 0.717) is 0 Å². The highest BCUT2D eigenvalue weighted by atomic mass is 16.4. The fourth-order valence-corrected chi connectivity index (χ4v) is 1.44. The number of hydrogen-bond acceptors (Lipinski definition) is 4. The van der Waals surface area contributed by atoms with Gasteiger partial charge in [0, 0.05) is 6.42 Å². The van der Waals surface area contributed by atoms with E-state index in [1.54, 1.807) is 0 Å². The summed E-state index contributed by atoms with van der Waals surface area (Å²) in [5.41, 5.74) is -2.06. The third-order valence-electron chi connectivity index (χ3n) is 2.23. The summed E-state index contributed by atoms with van der Waals surface area (Å²) >= 11 is 0. The summed E-state index contributed by atoms with van der Waals surface area (Å²) in [4.78, 5) is 33.4. The molecule has 6 nitrogen and oxygen atoms in total. The maximum Gasteiger partial charge on any atom is 0.336 e. The molecule has 6 heteroatoms. The van der Waals surface area contributed by atoms with Gasteiger partial charge in [0.2, 0.25) is 5.54 Å². The maximum atomic E-state index is 10.9. The number of carbonyl (C=O) groups excluding carboxylic acids is 1. The smallest absolute Gasteiger partial charge is 0.336 e. The number of carboxylic acid groups (broad SMARTS) is 2. The largest absolute Gasteiger partial charge is 0.479 e. The maximum absolute atomic E-state index is 10.9. The van der Waals surface area contributed by atoms with Crippen LogP contribution in [0.3, 0.4) is 0 Å². The minimum Gasteiger partial charge on any atom is -0.479 e. The first kappa shape index (κ1) is 9.66. The zero-order valence-electron chi connectivity index (χ0n) is 6.98. The van der Waals surface area contributed by atoms with Gasteiger partial charge in [-0.25, -0.2) is 9.59 Å². The van der Waals surface area contributed by atoms with Crippen LogP contribution >= 0.6 is 0 Å². The van der Waals surface area contributed by atoms with Crippen LogP contribution in [0.4, 0.5) is 0 Å². The molecule has 13 heavy (non-hydrogen) atoms. The minimum absolute atomic E-state index is 0.126. The standard InChI is InChI=1S/C7H9NO5/c1-8-3-4(9)2-7(8,5(10)11)6(12)13/h2-3H2,1H3,(H,10,11)(H,12,13). The summed E-state index contributed by atoms with van der Waals surface area (Å²) in [6.45, 7) is -0.126. The van der Waals surface area contributed by atoms with E-state index >= 15 is 0 Å². The number of carboxylic acids is 2. The average Bonchev–Trinajstić information content (AvgIpc) is 2.26. The molecule has 0 amide bonds. The Balaban J connectivity index is 3.12. The van der Waals surface area contributed by atoms with Crippen molar-refractivity contribution in [3.63, 3.8) is 0 Å². The second kappa shape index (κ2) is 2.81. The zero-order chi connectivity index (χ0) is 10.2. The van der Waals surface area contributed by atoms with Crippen molar-refractivity contribution >= 4 is 17.7 Å². The van der Waals surface area contributed by atoms with Crippen molar-refractivity contribution < 1.29 is 24.6 Å². The van der Waals surface area contributed by atoms with Crippen LogP contribution in [0.5, 0.6) is 0 Å². The van der Waals surface area contributed by atoms with Gasteiger partial charge < -0.3 is 10.2 Å². The number of likely N-dealkylation sites (tertiary alicyclic amines) is 1. The molecule has 0 radical (unpaired) electrons. The van der Waals surface area contributed by atoms with E-state index in [2.05, 4.69) is 0 Å². The fraction of sp³-hybridized carbons (Fsp3) is 0.571. The molecule has 1 aliphatic rings. The lowest BCUT2D eigenvalue weighted by Crippen LogP contribution is -2.54. The summed E-state index contributed by atoms with van der Waals surface area (Å²) in [6, 6.07) is 0. The molecule has 0 aliphatic carbocycles. The number of nitrogens with zero attached hydrogens (tertiary/aromatic N) is 1. The van der Waals surface area contributed by atoms with Crippen molar-refractivity contribution in [3.05, 3.63) is 0 Å². The molecule has 2 N–H and O–H groups in total. The molecule has 0 unspecified atom stereocenters. The quantitative estimate of drug-likeness (QED) is 0.527.